The number of carbonyl (C=O) groups is 1. The van der Waals surface area contributed by atoms with Crippen LogP contribution in [0.2, 0.25) is 5.02 Å². The summed E-state index contributed by atoms with van der Waals surface area (Å²) in [5.74, 6) is 0.930. The van der Waals surface area contributed by atoms with E-state index in [1.807, 2.05) is 18.2 Å². The minimum atomic E-state index is -0.104. The third-order valence-electron chi connectivity index (χ3n) is 7.33. The Morgan fingerprint density at radius 2 is 2.23 bits per heavy atom. The highest BCUT2D eigenvalue weighted by atomic mass is 35.5. The van der Waals surface area contributed by atoms with Crippen LogP contribution >= 0.6 is 11.6 Å². The van der Waals surface area contributed by atoms with Crippen molar-refractivity contribution in [3.05, 3.63) is 34.9 Å². The molecular formula is C21H28ClNO3. The Labute approximate surface area is 160 Å². The monoisotopic (exact) mass is 377 g/mol. The molecule has 142 valence electrons. The predicted octanol–water partition coefficient (Wildman–Crippen LogP) is 3.72. The number of aliphatic hydroxyl groups excluding tert-OH is 1. The fourth-order valence-electron chi connectivity index (χ4n) is 6.14. The van der Waals surface area contributed by atoms with Gasteiger partial charge in [0.1, 0.15) is 0 Å². The Morgan fingerprint density at radius 3 is 2.96 bits per heavy atom. The first kappa shape index (κ1) is 18.3. The first-order valence-corrected chi connectivity index (χ1v) is 10.0. The molecule has 3 fully saturated rings. The van der Waals surface area contributed by atoms with E-state index in [-0.39, 0.29) is 41.9 Å². The van der Waals surface area contributed by atoms with E-state index in [4.69, 9.17) is 21.4 Å². The number of halogens is 1. The topological polar surface area (TPSA) is 58.6 Å². The number of hydrogen-bond acceptors (Lipinski definition) is 3. The quantitative estimate of drug-likeness (QED) is 0.840. The van der Waals surface area contributed by atoms with Crippen LogP contribution in [-0.2, 0) is 9.53 Å². The molecule has 5 atom stereocenters. The molecule has 1 aromatic rings. The molecule has 1 aromatic carbocycles. The molecule has 26 heavy (non-hydrogen) atoms. The lowest BCUT2D eigenvalue weighted by atomic mass is 9.59. The van der Waals surface area contributed by atoms with Crippen LogP contribution in [0, 0.1) is 22.7 Å². The molecule has 2 aliphatic carbocycles. The van der Waals surface area contributed by atoms with Crippen LogP contribution in [0.1, 0.15) is 51.2 Å². The number of aliphatic hydroxyl groups is 1. The van der Waals surface area contributed by atoms with Crippen molar-refractivity contribution in [1.29, 1.82) is 0 Å². The van der Waals surface area contributed by atoms with E-state index in [0.29, 0.717) is 18.4 Å². The van der Waals surface area contributed by atoms with Crippen molar-refractivity contribution in [2.75, 3.05) is 13.2 Å². The molecule has 1 unspecified atom stereocenters. The Kier molecular flexibility index (Phi) is 4.57. The molecule has 4 rings (SSSR count). The van der Waals surface area contributed by atoms with Crippen LogP contribution < -0.4 is 5.32 Å². The van der Waals surface area contributed by atoms with E-state index < -0.39 is 0 Å². The smallest absolute Gasteiger partial charge is 0.222 e. The maximum Gasteiger partial charge on any atom is 0.222 e. The van der Waals surface area contributed by atoms with Gasteiger partial charge < -0.3 is 15.2 Å². The standard InChI is InChI=1S/C21H28ClNO3/c1-20(2)14-11-16-18(13-4-3-5-15(22)10-13)26-9-7-21(16,12-14)19(20)23-17(25)6-8-24/h3-5,10,14,16,18-19,24H,6-9,11-12H2,1-2H3,(H,23,25)/t14-,16-,18-,19-,21?/m1/s1. The molecule has 4 nitrogen and oxygen atoms in total. The lowest BCUT2D eigenvalue weighted by Crippen LogP contribution is -2.59. The average molecular weight is 378 g/mol. The van der Waals surface area contributed by atoms with Crippen molar-refractivity contribution in [2.45, 2.75) is 51.7 Å². The van der Waals surface area contributed by atoms with Gasteiger partial charge in [0, 0.05) is 24.1 Å². The van der Waals surface area contributed by atoms with E-state index in [1.54, 1.807) is 0 Å². The minimum Gasteiger partial charge on any atom is -0.396 e. The van der Waals surface area contributed by atoms with Gasteiger partial charge in [-0.05, 0) is 59.6 Å². The number of carbonyl (C=O) groups excluding carboxylic acids is 1. The lowest BCUT2D eigenvalue weighted by Gasteiger charge is -2.53. The number of hydrogen-bond donors (Lipinski definition) is 2. The van der Waals surface area contributed by atoms with Crippen molar-refractivity contribution < 1.29 is 14.6 Å². The first-order chi connectivity index (χ1) is 12.4. The van der Waals surface area contributed by atoms with Crippen molar-refractivity contribution in [3.8, 4) is 0 Å². The third-order valence-corrected chi connectivity index (χ3v) is 7.56. The van der Waals surface area contributed by atoms with Gasteiger partial charge in [0.05, 0.1) is 12.7 Å². The Hall–Kier alpha value is -1.10. The molecule has 1 saturated heterocycles. The predicted molar refractivity (Wildman–Crippen MR) is 101 cm³/mol. The van der Waals surface area contributed by atoms with Gasteiger partial charge in [-0.1, -0.05) is 37.6 Å². The summed E-state index contributed by atoms with van der Waals surface area (Å²) in [5, 5.41) is 13.2. The van der Waals surface area contributed by atoms with Crippen molar-refractivity contribution in [1.82, 2.24) is 5.32 Å². The number of amides is 1. The fourth-order valence-corrected chi connectivity index (χ4v) is 6.33. The third kappa shape index (κ3) is 2.69. The molecule has 2 N–H and O–H groups in total. The Bertz CT molecular complexity index is 706. The normalized spacial score (nSPS) is 37.4. The number of benzene rings is 1. The van der Waals surface area contributed by atoms with E-state index in [2.05, 4.69) is 25.2 Å². The highest BCUT2D eigenvalue weighted by molar-refractivity contribution is 6.30. The number of fused-ring (bicyclic) bond motifs is 1. The Morgan fingerprint density at radius 1 is 1.42 bits per heavy atom. The number of ether oxygens (including phenoxy) is 1. The molecule has 0 aromatic heterocycles. The zero-order valence-corrected chi connectivity index (χ0v) is 16.3. The van der Waals surface area contributed by atoms with Crippen LogP contribution in [0.3, 0.4) is 0 Å². The Balaban J connectivity index is 1.67. The maximum atomic E-state index is 12.3. The van der Waals surface area contributed by atoms with Gasteiger partial charge in [0.2, 0.25) is 5.91 Å². The summed E-state index contributed by atoms with van der Waals surface area (Å²) in [6.45, 7) is 5.18. The van der Waals surface area contributed by atoms with Crippen molar-refractivity contribution in [3.63, 3.8) is 0 Å². The summed E-state index contributed by atoms with van der Waals surface area (Å²) in [4.78, 5) is 12.3. The molecule has 3 aliphatic rings. The summed E-state index contributed by atoms with van der Waals surface area (Å²) in [6, 6.07) is 8.13. The summed E-state index contributed by atoms with van der Waals surface area (Å²) in [7, 11) is 0. The molecule has 0 radical (unpaired) electrons. The van der Waals surface area contributed by atoms with Gasteiger partial charge in [0.25, 0.3) is 0 Å². The molecule has 1 heterocycles. The summed E-state index contributed by atoms with van der Waals surface area (Å²) >= 11 is 6.23. The van der Waals surface area contributed by atoms with Gasteiger partial charge in [0.15, 0.2) is 0 Å². The van der Waals surface area contributed by atoms with Crippen LogP contribution in [0.5, 0.6) is 0 Å². The van der Waals surface area contributed by atoms with Gasteiger partial charge in [-0.25, -0.2) is 0 Å². The summed E-state index contributed by atoms with van der Waals surface area (Å²) in [6.07, 6.45) is 3.48. The second kappa shape index (κ2) is 6.50. The van der Waals surface area contributed by atoms with E-state index in [1.165, 1.54) is 0 Å². The molecular weight excluding hydrogens is 350 g/mol. The fraction of sp³-hybridized carbons (Fsp3) is 0.667. The van der Waals surface area contributed by atoms with Crippen molar-refractivity contribution >= 4 is 17.5 Å². The second-order valence-electron chi connectivity index (χ2n) is 8.87. The highest BCUT2D eigenvalue weighted by Gasteiger charge is 2.68. The van der Waals surface area contributed by atoms with Crippen LogP contribution in [0.15, 0.2) is 24.3 Å². The highest BCUT2D eigenvalue weighted by Crippen LogP contribution is 2.70. The van der Waals surface area contributed by atoms with E-state index >= 15 is 0 Å². The zero-order valence-electron chi connectivity index (χ0n) is 15.5. The van der Waals surface area contributed by atoms with Crippen LogP contribution in [-0.4, -0.2) is 30.3 Å². The van der Waals surface area contributed by atoms with Gasteiger partial charge in [-0.2, -0.15) is 0 Å². The molecule has 5 heteroatoms. The summed E-state index contributed by atoms with van der Waals surface area (Å²) < 4.78 is 6.24. The number of nitrogens with one attached hydrogen (secondary N) is 1. The SMILES string of the molecule is CC1(C)[C@@H]2C[C@@H]3[C@@H](c4cccc(Cl)c4)OCCC3(C2)[C@@H]1NC(=O)CCO. The number of rotatable bonds is 4. The molecule has 1 spiro atoms. The van der Waals surface area contributed by atoms with E-state index in [9.17, 15) is 4.79 Å². The molecule has 1 aliphatic heterocycles. The van der Waals surface area contributed by atoms with Crippen LogP contribution in [0.4, 0.5) is 0 Å². The zero-order chi connectivity index (χ0) is 18.5. The average Bonchev–Trinajstić information content (AvgIpc) is 3.08. The van der Waals surface area contributed by atoms with Crippen LogP contribution in [0.25, 0.3) is 0 Å². The van der Waals surface area contributed by atoms with Crippen molar-refractivity contribution in [2.24, 2.45) is 22.7 Å². The second-order valence-corrected chi connectivity index (χ2v) is 9.30. The van der Waals surface area contributed by atoms with Gasteiger partial charge >= 0.3 is 0 Å². The molecule has 2 saturated carbocycles. The van der Waals surface area contributed by atoms with Gasteiger partial charge in [-0.15, -0.1) is 0 Å². The van der Waals surface area contributed by atoms with E-state index in [0.717, 1.165) is 29.8 Å². The lowest BCUT2D eigenvalue weighted by molar-refractivity contribution is -0.137. The largest absolute Gasteiger partial charge is 0.396 e. The molecule has 1 amide bonds. The molecule has 2 bridgehead atoms. The summed E-state index contributed by atoms with van der Waals surface area (Å²) in [5.41, 5.74) is 1.29. The maximum absolute atomic E-state index is 12.3. The first-order valence-electron chi connectivity index (χ1n) is 9.66. The van der Waals surface area contributed by atoms with Gasteiger partial charge in [-0.3, -0.25) is 4.79 Å². The minimum absolute atomic E-state index is 0.0424.